The van der Waals surface area contributed by atoms with Gasteiger partial charge in [0.25, 0.3) is 11.5 Å². The largest absolute Gasteiger partial charge is 0.468 e. The third kappa shape index (κ3) is 4.51. The van der Waals surface area contributed by atoms with Crippen molar-refractivity contribution < 1.29 is 23.9 Å². The van der Waals surface area contributed by atoms with Crippen molar-refractivity contribution in [1.82, 2.24) is 9.97 Å². The number of anilines is 1. The van der Waals surface area contributed by atoms with E-state index in [1.807, 2.05) is 0 Å². The van der Waals surface area contributed by atoms with Crippen molar-refractivity contribution in [2.75, 3.05) is 12.4 Å². The molecule has 1 amide bonds. The molecule has 0 spiro atoms. The highest BCUT2D eigenvalue weighted by molar-refractivity contribution is 6.45. The second-order valence-corrected chi connectivity index (χ2v) is 6.93. The molecule has 0 radical (unpaired) electrons. The van der Waals surface area contributed by atoms with Crippen LogP contribution in [0.15, 0.2) is 47.3 Å². The van der Waals surface area contributed by atoms with Crippen molar-refractivity contribution in [3.63, 3.8) is 0 Å². The van der Waals surface area contributed by atoms with E-state index in [1.54, 1.807) is 12.1 Å². The number of rotatable bonds is 6. The van der Waals surface area contributed by atoms with Crippen LogP contribution in [0.1, 0.15) is 28.9 Å². The van der Waals surface area contributed by atoms with Crippen molar-refractivity contribution in [3.05, 3.63) is 69.1 Å². The van der Waals surface area contributed by atoms with Gasteiger partial charge in [-0.15, -0.1) is 0 Å². The highest BCUT2D eigenvalue weighted by Gasteiger charge is 2.38. The minimum Gasteiger partial charge on any atom is -0.468 e. The van der Waals surface area contributed by atoms with E-state index in [1.165, 1.54) is 37.3 Å². The lowest BCUT2D eigenvalue weighted by Gasteiger charge is -2.14. The zero-order chi connectivity index (χ0) is 22.7. The Bertz CT molecular complexity index is 1280. The summed E-state index contributed by atoms with van der Waals surface area (Å²) in [6.07, 6.45) is 0. The molecule has 0 bridgehead atoms. The van der Waals surface area contributed by atoms with E-state index in [2.05, 4.69) is 20.0 Å². The maximum atomic E-state index is 12.9. The van der Waals surface area contributed by atoms with Crippen LogP contribution >= 0.6 is 11.6 Å². The fraction of sp³-hybridized carbons (Fsp3) is 0.143. The van der Waals surface area contributed by atoms with Gasteiger partial charge in [0.05, 0.1) is 23.8 Å². The molecule has 0 aliphatic carbocycles. The fourth-order valence-corrected chi connectivity index (χ4v) is 3.12. The lowest BCUT2D eigenvalue weighted by molar-refractivity contribution is -0.148. The van der Waals surface area contributed by atoms with E-state index in [-0.39, 0.29) is 28.1 Å². The highest BCUT2D eigenvalue weighted by Crippen LogP contribution is 2.21. The van der Waals surface area contributed by atoms with Crippen LogP contribution in [0, 0.1) is 0 Å². The number of carbonyl (C=O) groups is 4. The number of carbonyl (C=O) groups excluding carboxylic acids is 4. The summed E-state index contributed by atoms with van der Waals surface area (Å²) in [6.45, 7) is 1.30. The molecule has 0 aliphatic rings. The molecule has 158 valence electrons. The Kier molecular flexibility index (Phi) is 6.26. The monoisotopic (exact) mass is 441 g/mol. The number of fused-ring (bicyclic) bond motifs is 1. The number of aromatic amines is 1. The quantitative estimate of drug-likeness (QED) is 0.259. The molecule has 0 fully saturated rings. The molecule has 1 heterocycles. The van der Waals surface area contributed by atoms with Gasteiger partial charge in [-0.05, 0) is 37.3 Å². The normalized spacial score (nSPS) is 11.6. The van der Waals surface area contributed by atoms with Gasteiger partial charge in [-0.25, -0.2) is 4.98 Å². The number of nitrogens with one attached hydrogen (secondary N) is 2. The first-order valence-electron chi connectivity index (χ1n) is 8.95. The number of esters is 1. The first kappa shape index (κ1) is 21.8. The number of benzene rings is 2. The summed E-state index contributed by atoms with van der Waals surface area (Å²) < 4.78 is 4.63. The summed E-state index contributed by atoms with van der Waals surface area (Å²) in [5.74, 6) is -5.85. The first-order chi connectivity index (χ1) is 14.7. The van der Waals surface area contributed by atoms with Crippen molar-refractivity contribution >= 4 is 51.8 Å². The maximum Gasteiger partial charge on any atom is 0.323 e. The van der Waals surface area contributed by atoms with Crippen LogP contribution in [-0.4, -0.2) is 40.5 Å². The van der Waals surface area contributed by atoms with Crippen molar-refractivity contribution in [2.24, 2.45) is 0 Å². The number of aromatic nitrogens is 2. The molecule has 10 heteroatoms. The minimum absolute atomic E-state index is 0.0898. The number of halogens is 1. The molecule has 2 N–H and O–H groups in total. The summed E-state index contributed by atoms with van der Waals surface area (Å²) in [5.41, 5.74) is -0.541. The lowest BCUT2D eigenvalue weighted by atomic mass is 9.99. The van der Waals surface area contributed by atoms with Gasteiger partial charge in [0.15, 0.2) is 11.7 Å². The molecule has 3 aromatic rings. The van der Waals surface area contributed by atoms with E-state index in [9.17, 15) is 24.0 Å². The van der Waals surface area contributed by atoms with Crippen LogP contribution < -0.4 is 10.9 Å². The van der Waals surface area contributed by atoms with Crippen molar-refractivity contribution in [2.45, 2.75) is 12.8 Å². The Hall–Kier alpha value is -3.85. The summed E-state index contributed by atoms with van der Waals surface area (Å²) in [7, 11) is 1.01. The smallest absolute Gasteiger partial charge is 0.323 e. The van der Waals surface area contributed by atoms with Gasteiger partial charge < -0.3 is 15.0 Å². The molecular formula is C21H16ClN3O6. The Morgan fingerprint density at radius 3 is 2.52 bits per heavy atom. The van der Waals surface area contributed by atoms with Crippen LogP contribution in [0.3, 0.4) is 0 Å². The zero-order valence-electron chi connectivity index (χ0n) is 16.4. The molecule has 0 aliphatic heterocycles. The zero-order valence-corrected chi connectivity index (χ0v) is 17.1. The molecular weight excluding hydrogens is 426 g/mol. The summed E-state index contributed by atoms with van der Waals surface area (Å²) in [5, 5.41) is 2.66. The average molecular weight is 442 g/mol. The Labute approximate surface area is 180 Å². The van der Waals surface area contributed by atoms with Gasteiger partial charge in [-0.2, -0.15) is 0 Å². The number of para-hydroxylation sites is 1. The second kappa shape index (κ2) is 8.88. The molecule has 0 saturated carbocycles. The predicted octanol–water partition coefficient (Wildman–Crippen LogP) is 2.24. The summed E-state index contributed by atoms with van der Waals surface area (Å²) in [6, 6.07) is 10.5. The Morgan fingerprint density at radius 1 is 1.13 bits per heavy atom. The van der Waals surface area contributed by atoms with Gasteiger partial charge in [-0.1, -0.05) is 23.7 Å². The third-order valence-corrected chi connectivity index (χ3v) is 4.67. The number of nitrogens with zero attached hydrogens (tertiary/aromatic N) is 1. The van der Waals surface area contributed by atoms with Crippen LogP contribution in [-0.2, 0) is 19.1 Å². The molecule has 1 atom stereocenters. The number of Topliss-reactive ketones (excluding diaryl/α,β-unsaturated/α-hetero) is 2. The van der Waals surface area contributed by atoms with E-state index < -0.39 is 34.8 Å². The number of amides is 1. The van der Waals surface area contributed by atoms with E-state index >= 15 is 0 Å². The molecule has 2 aromatic carbocycles. The third-order valence-electron chi connectivity index (χ3n) is 4.43. The van der Waals surface area contributed by atoms with Gasteiger partial charge in [0.2, 0.25) is 5.78 Å². The number of hydrogen-bond donors (Lipinski definition) is 2. The Balaban J connectivity index is 2.02. The highest BCUT2D eigenvalue weighted by atomic mass is 35.5. The Morgan fingerprint density at radius 2 is 1.84 bits per heavy atom. The maximum absolute atomic E-state index is 12.9. The summed E-state index contributed by atoms with van der Waals surface area (Å²) in [4.78, 5) is 68.7. The van der Waals surface area contributed by atoms with Crippen molar-refractivity contribution in [1.29, 1.82) is 0 Å². The summed E-state index contributed by atoms with van der Waals surface area (Å²) >= 11 is 5.90. The minimum atomic E-state index is -1.90. The number of ketones is 2. The number of methoxy groups -OCH3 is 1. The fourth-order valence-electron chi connectivity index (χ4n) is 2.94. The molecule has 31 heavy (non-hydrogen) atoms. The number of H-pyrrole nitrogens is 1. The molecule has 3 rings (SSSR count). The van der Waals surface area contributed by atoms with E-state index in [0.29, 0.717) is 5.02 Å². The SMILES string of the molecule is COC(=O)[C@@H](C(=O)C(=O)Nc1ccccc1C(C)=O)c1nc2ccc(Cl)cc2[nH]c1=O. The van der Waals surface area contributed by atoms with E-state index in [4.69, 9.17) is 11.6 Å². The van der Waals surface area contributed by atoms with Gasteiger partial charge in [-0.3, -0.25) is 24.0 Å². The van der Waals surface area contributed by atoms with Gasteiger partial charge in [0, 0.05) is 10.6 Å². The van der Waals surface area contributed by atoms with Crippen molar-refractivity contribution in [3.8, 4) is 0 Å². The molecule has 9 nitrogen and oxygen atoms in total. The van der Waals surface area contributed by atoms with Crippen LogP contribution in [0.4, 0.5) is 5.69 Å². The van der Waals surface area contributed by atoms with Gasteiger partial charge >= 0.3 is 5.97 Å². The average Bonchev–Trinajstić information content (AvgIpc) is 2.74. The molecule has 0 unspecified atom stereocenters. The van der Waals surface area contributed by atoms with Gasteiger partial charge in [0.1, 0.15) is 5.69 Å². The first-order valence-corrected chi connectivity index (χ1v) is 9.33. The topological polar surface area (TPSA) is 135 Å². The van der Waals surface area contributed by atoms with Crippen LogP contribution in [0.5, 0.6) is 0 Å². The predicted molar refractivity (Wildman–Crippen MR) is 112 cm³/mol. The van der Waals surface area contributed by atoms with Crippen LogP contribution in [0.25, 0.3) is 11.0 Å². The number of ether oxygens (including phenoxy) is 1. The van der Waals surface area contributed by atoms with Crippen LogP contribution in [0.2, 0.25) is 5.02 Å². The molecule has 0 saturated heterocycles. The lowest BCUT2D eigenvalue weighted by Crippen LogP contribution is -2.37. The van der Waals surface area contributed by atoms with E-state index in [0.717, 1.165) is 7.11 Å². The molecule has 1 aromatic heterocycles. The number of hydrogen-bond acceptors (Lipinski definition) is 7. The second-order valence-electron chi connectivity index (χ2n) is 6.49. The standard InChI is InChI=1S/C21H16ClN3O6/c1-10(26)12-5-3-4-6-13(12)24-20(29)18(27)16(21(30)31-2)17-19(28)25-15-9-11(22)7-8-14(15)23-17/h3-9,16H,1-2H3,(H,24,29)(H,25,28)/t16-/m1/s1.